The van der Waals surface area contributed by atoms with Crippen LogP contribution in [0.15, 0.2) is 218 Å². The molecule has 55 heavy (non-hydrogen) atoms. The number of hydrogen-bond donors (Lipinski definition) is 0. The van der Waals surface area contributed by atoms with Crippen LogP contribution in [-0.2, 0) is 0 Å². The van der Waals surface area contributed by atoms with Gasteiger partial charge in [0.05, 0.1) is 11.4 Å². The van der Waals surface area contributed by atoms with Gasteiger partial charge in [0.2, 0.25) is 0 Å². The Bertz CT molecular complexity index is 2620. The van der Waals surface area contributed by atoms with Gasteiger partial charge in [-0.05, 0) is 45.0 Å². The molecule has 9 aromatic rings. The van der Waals surface area contributed by atoms with Gasteiger partial charge >= 0.3 is 0 Å². The summed E-state index contributed by atoms with van der Waals surface area (Å²) in [7, 11) is -2.75. The molecule has 260 valence electrons. The predicted octanol–water partition coefficient (Wildman–Crippen LogP) is 9.43. The van der Waals surface area contributed by atoms with E-state index >= 15 is 0 Å². The van der Waals surface area contributed by atoms with Crippen LogP contribution in [0.2, 0.25) is 0 Å². The second kappa shape index (κ2) is 13.7. The molecule has 2 heterocycles. The Labute approximate surface area is 322 Å². The molecule has 1 aliphatic rings. The van der Waals surface area contributed by atoms with Crippen molar-refractivity contribution in [3.63, 3.8) is 0 Å². The second-order valence-corrected chi connectivity index (χ2v) is 17.5. The zero-order valence-electron chi connectivity index (χ0n) is 30.1. The Morgan fingerprint density at radius 2 is 0.655 bits per heavy atom. The summed E-state index contributed by atoms with van der Waals surface area (Å²) in [4.78, 5) is 2.50. The van der Waals surface area contributed by atoms with Gasteiger partial charge in [-0.3, -0.25) is 4.57 Å². The van der Waals surface area contributed by atoms with Crippen molar-refractivity contribution in [2.45, 2.75) is 0 Å². The van der Waals surface area contributed by atoms with Gasteiger partial charge < -0.3 is 4.90 Å². The fourth-order valence-electron chi connectivity index (χ4n) is 8.52. The monoisotopic (exact) mass is 720 g/mol. The van der Waals surface area contributed by atoms with Gasteiger partial charge in [-0.1, -0.05) is 194 Å². The topological polar surface area (TPSA) is 34.0 Å². The predicted molar refractivity (Wildman–Crippen MR) is 230 cm³/mol. The molecule has 0 saturated heterocycles. The highest BCUT2D eigenvalue weighted by Crippen LogP contribution is 2.45. The Balaban J connectivity index is 1.24. The van der Waals surface area contributed by atoms with Crippen LogP contribution in [0.5, 0.6) is 0 Å². The average molecular weight is 721 g/mol. The molecule has 5 heteroatoms. The Kier molecular flexibility index (Phi) is 8.12. The molecule has 0 radical (unpaired) electrons. The number of benzene rings is 8. The van der Waals surface area contributed by atoms with Gasteiger partial charge in [-0.25, -0.2) is 0 Å². The largest absolute Gasteiger partial charge is 0.310 e. The maximum Gasteiger partial charge on any atom is 0.184 e. The van der Waals surface area contributed by atoms with E-state index in [1.165, 1.54) is 32.1 Å². The first kappa shape index (κ1) is 32.6. The Hall–Kier alpha value is -7.08. The number of hydrogen-bond acceptors (Lipinski definition) is 3. The number of nitrogens with zero attached hydrogens (tertiary/aromatic N) is 4. The molecule has 0 fully saturated rings. The first-order valence-corrected chi connectivity index (χ1v) is 20.7. The molecule has 0 saturated carbocycles. The summed E-state index contributed by atoms with van der Waals surface area (Å²) >= 11 is 0. The molecule has 1 aromatic heterocycles. The van der Waals surface area contributed by atoms with E-state index in [0.717, 1.165) is 45.3 Å². The number of para-hydroxylation sites is 4. The minimum Gasteiger partial charge on any atom is -0.310 e. The molecule has 0 amide bonds. The van der Waals surface area contributed by atoms with Crippen LogP contribution < -0.4 is 25.6 Å². The molecule has 10 rings (SSSR count). The van der Waals surface area contributed by atoms with Crippen LogP contribution in [0.4, 0.5) is 17.1 Å². The van der Waals surface area contributed by atoms with Crippen molar-refractivity contribution in [1.82, 2.24) is 14.8 Å². The van der Waals surface area contributed by atoms with Crippen LogP contribution in [0.25, 0.3) is 39.6 Å². The summed E-state index contributed by atoms with van der Waals surface area (Å²) in [6.45, 7) is 0. The van der Waals surface area contributed by atoms with Crippen LogP contribution >= 0.6 is 0 Å². The highest BCUT2D eigenvalue weighted by molar-refractivity contribution is 7.21. The molecule has 8 aromatic carbocycles. The third-order valence-electron chi connectivity index (χ3n) is 10.8. The second-order valence-electron chi connectivity index (χ2n) is 13.8. The van der Waals surface area contributed by atoms with E-state index in [2.05, 4.69) is 216 Å². The Morgan fingerprint density at radius 1 is 0.309 bits per heavy atom. The highest BCUT2D eigenvalue weighted by atomic mass is 28.3. The molecule has 0 aliphatic carbocycles. The highest BCUT2D eigenvalue weighted by Gasteiger charge is 2.48. The van der Waals surface area contributed by atoms with Gasteiger partial charge in [0.25, 0.3) is 0 Å². The number of rotatable bonds is 7. The summed E-state index contributed by atoms with van der Waals surface area (Å²) in [5.41, 5.74) is 8.71. The lowest BCUT2D eigenvalue weighted by Crippen LogP contribution is -2.77. The number of aromatic nitrogens is 3. The summed E-state index contributed by atoms with van der Waals surface area (Å²) in [5, 5.41) is 15.1. The summed E-state index contributed by atoms with van der Waals surface area (Å²) in [5.74, 6) is 1.58. The van der Waals surface area contributed by atoms with E-state index in [1.807, 2.05) is 12.1 Å². The smallest absolute Gasteiger partial charge is 0.184 e. The molecule has 0 unspecified atom stereocenters. The van der Waals surface area contributed by atoms with Crippen LogP contribution in [0, 0.1) is 0 Å². The van der Waals surface area contributed by atoms with E-state index in [1.54, 1.807) is 0 Å². The fraction of sp³-hybridized carbons (Fsp3) is 0. The zero-order chi connectivity index (χ0) is 36.6. The van der Waals surface area contributed by atoms with E-state index in [0.29, 0.717) is 0 Å². The van der Waals surface area contributed by atoms with Crippen molar-refractivity contribution in [2.75, 3.05) is 4.90 Å². The molecule has 0 spiro atoms. The van der Waals surface area contributed by atoms with Crippen molar-refractivity contribution < 1.29 is 0 Å². The first-order chi connectivity index (χ1) is 27.3. The SMILES string of the molecule is c1ccc(-c2nnc(-c3ccccc3)n2-c2ccccc2-c2ccccc2N2c3ccccc3[Si](c3ccccc3)(c3ccccc3)c3ccccc32)cc1. The van der Waals surface area contributed by atoms with E-state index in [-0.39, 0.29) is 0 Å². The average Bonchev–Trinajstić information content (AvgIpc) is 3.72. The zero-order valence-corrected chi connectivity index (χ0v) is 31.1. The van der Waals surface area contributed by atoms with Gasteiger partial charge in [0.1, 0.15) is 0 Å². The normalized spacial score (nSPS) is 12.8. The van der Waals surface area contributed by atoms with E-state index in [4.69, 9.17) is 10.2 Å². The van der Waals surface area contributed by atoms with Crippen LogP contribution in [0.1, 0.15) is 0 Å². The van der Waals surface area contributed by atoms with Crippen LogP contribution in [0.3, 0.4) is 0 Å². The quantitative estimate of drug-likeness (QED) is 0.154. The van der Waals surface area contributed by atoms with Crippen molar-refractivity contribution in [1.29, 1.82) is 0 Å². The summed E-state index contributed by atoms with van der Waals surface area (Å²) < 4.78 is 2.22. The maximum atomic E-state index is 4.83. The number of anilines is 3. The number of fused-ring (bicyclic) bond motifs is 2. The van der Waals surface area contributed by atoms with Crippen molar-refractivity contribution >= 4 is 45.9 Å². The molecule has 4 nitrogen and oxygen atoms in total. The molecule has 0 atom stereocenters. The first-order valence-electron chi connectivity index (χ1n) is 18.7. The molecular formula is C50H36N4Si. The minimum absolute atomic E-state index is 0.791. The van der Waals surface area contributed by atoms with Crippen molar-refractivity contribution in [3.05, 3.63) is 218 Å². The lowest BCUT2D eigenvalue weighted by Gasteiger charge is -2.45. The van der Waals surface area contributed by atoms with Crippen molar-refractivity contribution in [2.24, 2.45) is 0 Å². The fourth-order valence-corrected chi connectivity index (χ4v) is 13.6. The van der Waals surface area contributed by atoms with Gasteiger partial charge in [0, 0.05) is 33.6 Å². The maximum absolute atomic E-state index is 4.83. The molecule has 0 bridgehead atoms. The van der Waals surface area contributed by atoms with Crippen LogP contribution in [-0.4, -0.2) is 22.8 Å². The molecule has 0 N–H and O–H groups in total. The van der Waals surface area contributed by atoms with Gasteiger partial charge in [-0.15, -0.1) is 10.2 Å². The Morgan fingerprint density at radius 3 is 1.13 bits per heavy atom. The summed E-state index contributed by atoms with van der Waals surface area (Å²) in [6, 6.07) is 78.6. The lowest BCUT2D eigenvalue weighted by atomic mass is 9.99. The standard InChI is InChI=1S/C50H36N4Si/c1-5-21-37(22-6-1)49-51-52-50(38-23-7-2-8-24-38)54(49)44-32-16-14-30-42(44)41-29-13-15-31-43(41)53-45-33-17-19-35-47(45)55(39-25-9-3-10-26-39,40-27-11-4-12-28-40)48-36-20-18-34-46(48)53/h1-36H. The van der Waals surface area contributed by atoms with E-state index < -0.39 is 8.07 Å². The van der Waals surface area contributed by atoms with Gasteiger partial charge in [0.15, 0.2) is 19.7 Å². The third-order valence-corrected chi connectivity index (χ3v) is 15.7. The minimum atomic E-state index is -2.75. The molecule has 1 aliphatic heterocycles. The van der Waals surface area contributed by atoms with Gasteiger partial charge in [-0.2, -0.15) is 0 Å². The van der Waals surface area contributed by atoms with E-state index in [9.17, 15) is 0 Å². The molecular weight excluding hydrogens is 685 g/mol. The third kappa shape index (κ3) is 5.28. The summed E-state index contributed by atoms with van der Waals surface area (Å²) in [6.07, 6.45) is 0. The lowest BCUT2D eigenvalue weighted by molar-refractivity contribution is 1.07. The van der Waals surface area contributed by atoms with Crippen molar-refractivity contribution in [3.8, 4) is 39.6 Å².